The summed E-state index contributed by atoms with van der Waals surface area (Å²) in [4.78, 5) is 20.7. The maximum Gasteiger partial charge on any atom is 0.433 e. The van der Waals surface area contributed by atoms with Gasteiger partial charge in [-0.05, 0) is 22.0 Å². The number of hydrogen-bond donors (Lipinski definition) is 1. The number of nitrogens with zero attached hydrogens (tertiary/aromatic N) is 4. The van der Waals surface area contributed by atoms with Crippen LogP contribution < -0.4 is 4.90 Å². The summed E-state index contributed by atoms with van der Waals surface area (Å²) in [5.74, 6) is -0.407. The Bertz CT molecular complexity index is 1350. The molecule has 10 heteroatoms. The number of amides is 1. The van der Waals surface area contributed by atoms with Gasteiger partial charge in [0.25, 0.3) is 5.91 Å². The average molecular weight is 545 g/mol. The number of alkyl halides is 3. The summed E-state index contributed by atoms with van der Waals surface area (Å²) in [5.41, 5.74) is 0.820. The van der Waals surface area contributed by atoms with Crippen LogP contribution in [0.2, 0.25) is 0 Å². The summed E-state index contributed by atoms with van der Waals surface area (Å²) in [6.07, 6.45) is -4.68. The summed E-state index contributed by atoms with van der Waals surface area (Å²) in [6, 6.07) is 19.7. The van der Waals surface area contributed by atoms with Gasteiger partial charge in [0.1, 0.15) is 6.54 Å². The molecule has 0 radical (unpaired) electrons. The second kappa shape index (κ2) is 9.43. The fraction of sp³-hybridized carbons (Fsp3) is 0.240. The van der Waals surface area contributed by atoms with E-state index in [1.165, 1.54) is 10.5 Å². The number of rotatable bonds is 4. The highest BCUT2D eigenvalue weighted by molar-refractivity contribution is 9.10. The van der Waals surface area contributed by atoms with Gasteiger partial charge in [0.15, 0.2) is 17.0 Å². The molecule has 0 bridgehead atoms. The Kier molecular flexibility index (Phi) is 6.33. The molecule has 2 aromatic carbocycles. The standard InChI is InChI=1S/C25H21BrF3N5O/c26-21-22(24(35)33-13-11-32(12-14-33)16-17-7-3-1-4-8-17)31-34-20(25(27,28)29)15-19(30-23(21)34)18-9-5-2-6-10-18/h1-10,15H,11-14,16H2/p+1. The van der Waals surface area contributed by atoms with Gasteiger partial charge in [0.2, 0.25) is 0 Å². The van der Waals surface area contributed by atoms with E-state index in [0.29, 0.717) is 23.2 Å². The fourth-order valence-electron chi connectivity index (χ4n) is 4.32. The van der Waals surface area contributed by atoms with Crippen molar-refractivity contribution in [1.29, 1.82) is 0 Å². The molecule has 1 amide bonds. The van der Waals surface area contributed by atoms with Gasteiger partial charge in [-0.1, -0.05) is 60.7 Å². The molecule has 0 spiro atoms. The molecule has 1 aliphatic heterocycles. The topological polar surface area (TPSA) is 54.9 Å². The van der Waals surface area contributed by atoms with Crippen LogP contribution in [0.1, 0.15) is 21.7 Å². The smallest absolute Gasteiger partial charge is 0.328 e. The second-order valence-electron chi connectivity index (χ2n) is 8.49. The van der Waals surface area contributed by atoms with Gasteiger partial charge in [-0.25, -0.2) is 9.50 Å². The van der Waals surface area contributed by atoms with Crippen molar-refractivity contribution in [2.45, 2.75) is 12.7 Å². The van der Waals surface area contributed by atoms with Crippen molar-refractivity contribution in [3.8, 4) is 11.3 Å². The first-order valence-electron chi connectivity index (χ1n) is 11.2. The number of quaternary nitrogens is 1. The molecule has 5 rings (SSSR count). The first kappa shape index (κ1) is 23.5. The first-order chi connectivity index (χ1) is 16.8. The lowest BCUT2D eigenvalue weighted by atomic mass is 10.1. The second-order valence-corrected chi connectivity index (χ2v) is 9.29. The molecule has 35 heavy (non-hydrogen) atoms. The zero-order valence-corrected chi connectivity index (χ0v) is 20.2. The zero-order valence-electron chi connectivity index (χ0n) is 18.6. The minimum Gasteiger partial charge on any atom is -0.328 e. The molecule has 1 saturated heterocycles. The molecule has 1 aliphatic rings. The Balaban J connectivity index is 1.43. The van der Waals surface area contributed by atoms with Crippen LogP contribution in [0.15, 0.2) is 71.2 Å². The van der Waals surface area contributed by atoms with Gasteiger partial charge in [0, 0.05) is 11.1 Å². The SMILES string of the molecule is O=C(c1nn2c(C(F)(F)F)cc(-c3ccccc3)nc2c1Br)N1CC[NH+](Cc2ccccc2)CC1. The average Bonchev–Trinajstić information content (AvgIpc) is 3.20. The molecular weight excluding hydrogens is 523 g/mol. The summed E-state index contributed by atoms with van der Waals surface area (Å²) in [7, 11) is 0. The van der Waals surface area contributed by atoms with Gasteiger partial charge >= 0.3 is 6.18 Å². The van der Waals surface area contributed by atoms with Crippen molar-refractivity contribution >= 4 is 27.5 Å². The van der Waals surface area contributed by atoms with Crippen LogP contribution in [0.5, 0.6) is 0 Å². The predicted octanol–water partition coefficient (Wildman–Crippen LogP) is 3.72. The van der Waals surface area contributed by atoms with Crippen LogP contribution in [0.3, 0.4) is 0 Å². The lowest BCUT2D eigenvalue weighted by molar-refractivity contribution is -0.917. The van der Waals surface area contributed by atoms with Gasteiger partial charge in [-0.15, -0.1) is 0 Å². The summed E-state index contributed by atoms with van der Waals surface area (Å²) >= 11 is 3.32. The molecule has 0 saturated carbocycles. The van der Waals surface area contributed by atoms with E-state index in [4.69, 9.17) is 0 Å². The maximum atomic E-state index is 13.9. The number of benzene rings is 2. The number of aromatic nitrogens is 3. The van der Waals surface area contributed by atoms with E-state index >= 15 is 0 Å². The molecule has 0 unspecified atom stereocenters. The van der Waals surface area contributed by atoms with Gasteiger partial charge in [-0.3, -0.25) is 4.79 Å². The van der Waals surface area contributed by atoms with Crippen LogP contribution in [0, 0.1) is 0 Å². The van der Waals surface area contributed by atoms with E-state index in [0.717, 1.165) is 25.7 Å². The van der Waals surface area contributed by atoms with Crippen LogP contribution >= 0.6 is 15.9 Å². The summed E-state index contributed by atoms with van der Waals surface area (Å²) < 4.78 is 42.7. The zero-order chi connectivity index (χ0) is 24.6. The Morgan fingerprint density at radius 2 is 1.63 bits per heavy atom. The number of carbonyl (C=O) groups is 1. The highest BCUT2D eigenvalue weighted by atomic mass is 79.9. The number of carbonyl (C=O) groups excluding carboxylic acids is 1. The summed E-state index contributed by atoms with van der Waals surface area (Å²) in [6.45, 7) is 3.35. The third kappa shape index (κ3) is 4.81. The van der Waals surface area contributed by atoms with E-state index in [9.17, 15) is 18.0 Å². The normalized spacial score (nSPS) is 15.0. The van der Waals surface area contributed by atoms with Gasteiger partial charge in [0.05, 0.1) is 36.3 Å². The van der Waals surface area contributed by atoms with Crippen LogP contribution in [-0.2, 0) is 12.7 Å². The summed E-state index contributed by atoms with van der Waals surface area (Å²) in [5, 5.41) is 4.06. The highest BCUT2D eigenvalue weighted by Gasteiger charge is 2.37. The molecular formula is C25H22BrF3N5O+. The molecule has 2 aromatic heterocycles. The first-order valence-corrected chi connectivity index (χ1v) is 12.0. The van der Waals surface area contributed by atoms with Crippen LogP contribution in [-0.4, -0.2) is 51.6 Å². The number of piperazine rings is 1. The van der Waals surface area contributed by atoms with Crippen molar-refractivity contribution < 1.29 is 22.9 Å². The van der Waals surface area contributed by atoms with Crippen molar-refractivity contribution in [3.05, 3.63) is 88.2 Å². The monoisotopic (exact) mass is 544 g/mol. The molecule has 1 N–H and O–H groups in total. The Labute approximate surface area is 208 Å². The largest absolute Gasteiger partial charge is 0.433 e. The molecule has 180 valence electrons. The molecule has 6 nitrogen and oxygen atoms in total. The minimum absolute atomic E-state index is 0.0460. The van der Waals surface area contributed by atoms with Gasteiger partial charge < -0.3 is 9.80 Å². The number of halogens is 4. The fourth-order valence-corrected chi connectivity index (χ4v) is 4.83. The minimum atomic E-state index is -4.68. The van der Waals surface area contributed by atoms with Crippen LogP contribution in [0.25, 0.3) is 16.9 Å². The molecule has 1 fully saturated rings. The molecule has 3 heterocycles. The van der Waals surface area contributed by atoms with Crippen molar-refractivity contribution in [3.63, 3.8) is 0 Å². The van der Waals surface area contributed by atoms with E-state index in [1.807, 2.05) is 18.2 Å². The number of hydrogen-bond acceptors (Lipinski definition) is 3. The quantitative estimate of drug-likeness (QED) is 0.426. The van der Waals surface area contributed by atoms with Crippen molar-refractivity contribution in [1.82, 2.24) is 19.5 Å². The lowest BCUT2D eigenvalue weighted by Gasteiger charge is -2.32. The Hall–Kier alpha value is -3.24. The Morgan fingerprint density at radius 1 is 1.00 bits per heavy atom. The van der Waals surface area contributed by atoms with E-state index in [2.05, 4.69) is 38.1 Å². The van der Waals surface area contributed by atoms with E-state index in [1.54, 1.807) is 35.2 Å². The third-order valence-corrected chi connectivity index (χ3v) is 6.88. The Morgan fingerprint density at radius 3 is 2.26 bits per heavy atom. The maximum absolute atomic E-state index is 13.9. The highest BCUT2D eigenvalue weighted by Crippen LogP contribution is 2.34. The van der Waals surface area contributed by atoms with Crippen molar-refractivity contribution in [2.75, 3.05) is 26.2 Å². The third-order valence-electron chi connectivity index (χ3n) is 6.15. The van der Waals surface area contributed by atoms with Crippen LogP contribution in [0.4, 0.5) is 13.2 Å². The predicted molar refractivity (Wildman–Crippen MR) is 128 cm³/mol. The molecule has 4 aromatic rings. The van der Waals surface area contributed by atoms with E-state index in [-0.39, 0.29) is 21.5 Å². The number of nitrogens with one attached hydrogen (secondary N) is 1. The molecule has 0 aliphatic carbocycles. The molecule has 0 atom stereocenters. The number of fused-ring (bicyclic) bond motifs is 1. The van der Waals surface area contributed by atoms with Gasteiger partial charge in [-0.2, -0.15) is 18.3 Å². The van der Waals surface area contributed by atoms with Crippen molar-refractivity contribution in [2.24, 2.45) is 0 Å². The lowest BCUT2D eigenvalue weighted by Crippen LogP contribution is -3.13. The van der Waals surface area contributed by atoms with E-state index < -0.39 is 17.8 Å².